The van der Waals surface area contributed by atoms with E-state index in [0.717, 1.165) is 28.6 Å². The summed E-state index contributed by atoms with van der Waals surface area (Å²) < 4.78 is 0. The van der Waals surface area contributed by atoms with E-state index < -0.39 is 0 Å². The van der Waals surface area contributed by atoms with Crippen LogP contribution in [0.3, 0.4) is 0 Å². The molecule has 124 valence electrons. The van der Waals surface area contributed by atoms with Crippen molar-refractivity contribution in [2.45, 2.75) is 85.5 Å². The van der Waals surface area contributed by atoms with Gasteiger partial charge in [-0.1, -0.05) is 37.6 Å². The second-order valence-electron chi connectivity index (χ2n) is 9.55. The molecule has 0 aromatic heterocycles. The van der Waals surface area contributed by atoms with E-state index in [2.05, 4.69) is 40.3 Å². The molecule has 4 unspecified atom stereocenters. The van der Waals surface area contributed by atoms with Gasteiger partial charge < -0.3 is 0 Å². The van der Waals surface area contributed by atoms with E-state index in [4.69, 9.17) is 0 Å². The highest BCUT2D eigenvalue weighted by Crippen LogP contribution is 2.67. The molecular weight excluding hydrogens is 264 g/mol. The Kier molecular flexibility index (Phi) is 4.34. The van der Waals surface area contributed by atoms with Gasteiger partial charge >= 0.3 is 0 Å². The number of allylic oxidation sites excluding steroid dienone is 3. The van der Waals surface area contributed by atoms with Crippen LogP contribution in [0.2, 0.25) is 0 Å². The maximum atomic E-state index is 3.97. The van der Waals surface area contributed by atoms with Gasteiger partial charge in [0, 0.05) is 0 Å². The molecule has 0 spiro atoms. The average Bonchev–Trinajstić information content (AvgIpc) is 3.36. The lowest BCUT2D eigenvalue weighted by molar-refractivity contribution is 0.202. The van der Waals surface area contributed by atoms with Crippen molar-refractivity contribution in [1.82, 2.24) is 0 Å². The lowest BCUT2D eigenvalue weighted by Gasteiger charge is -2.30. The lowest BCUT2D eigenvalue weighted by atomic mass is 9.75. The van der Waals surface area contributed by atoms with E-state index in [9.17, 15) is 0 Å². The van der Waals surface area contributed by atoms with Gasteiger partial charge in [-0.3, -0.25) is 0 Å². The van der Waals surface area contributed by atoms with E-state index in [-0.39, 0.29) is 0 Å². The molecule has 0 aromatic rings. The molecule has 3 fully saturated rings. The Hall–Kier alpha value is -0.520. The molecule has 0 aromatic carbocycles. The van der Waals surface area contributed by atoms with Crippen molar-refractivity contribution < 1.29 is 0 Å². The highest BCUT2D eigenvalue weighted by atomic mass is 14.6. The summed E-state index contributed by atoms with van der Waals surface area (Å²) in [5, 5.41) is 0. The third-order valence-corrected chi connectivity index (χ3v) is 7.53. The van der Waals surface area contributed by atoms with Gasteiger partial charge in [0.05, 0.1) is 0 Å². The Labute approximate surface area is 138 Å². The topological polar surface area (TPSA) is 0 Å². The first kappa shape index (κ1) is 16.3. The van der Waals surface area contributed by atoms with E-state index >= 15 is 0 Å². The first-order valence-corrected chi connectivity index (χ1v) is 9.63. The van der Waals surface area contributed by atoms with E-state index in [0.29, 0.717) is 0 Å². The van der Waals surface area contributed by atoms with Crippen LogP contribution < -0.4 is 0 Å². The highest BCUT2D eigenvalue weighted by Gasteiger charge is 2.57. The monoisotopic (exact) mass is 300 g/mol. The van der Waals surface area contributed by atoms with Crippen LogP contribution in [0.4, 0.5) is 0 Å². The molecule has 4 rings (SSSR count). The van der Waals surface area contributed by atoms with E-state index in [1.807, 2.05) is 0 Å². The summed E-state index contributed by atoms with van der Waals surface area (Å²) in [6.45, 7) is 13.3. The lowest BCUT2D eigenvalue weighted by Crippen LogP contribution is -2.20. The second kappa shape index (κ2) is 5.84. The van der Waals surface area contributed by atoms with Crippen molar-refractivity contribution in [2.24, 2.45) is 28.6 Å². The minimum atomic E-state index is 0.767. The van der Waals surface area contributed by atoms with Crippen LogP contribution in [0, 0.1) is 28.6 Å². The smallest absolute Gasteiger partial charge is 0.0171 e. The second-order valence-corrected chi connectivity index (χ2v) is 9.55. The van der Waals surface area contributed by atoms with Crippen LogP contribution in [-0.4, -0.2) is 0 Å². The molecule has 4 aliphatic rings. The fourth-order valence-corrected chi connectivity index (χ4v) is 4.79. The molecule has 0 N–H and O–H groups in total. The summed E-state index contributed by atoms with van der Waals surface area (Å²) in [4.78, 5) is 0. The van der Waals surface area contributed by atoms with Gasteiger partial charge in [-0.15, -0.1) is 0 Å². The van der Waals surface area contributed by atoms with Gasteiger partial charge in [0.15, 0.2) is 0 Å². The van der Waals surface area contributed by atoms with Crippen molar-refractivity contribution in [3.05, 3.63) is 23.8 Å². The Balaban J connectivity index is 0.000000134. The third-order valence-electron chi connectivity index (χ3n) is 7.53. The Morgan fingerprint density at radius 3 is 2.32 bits per heavy atom. The van der Waals surface area contributed by atoms with Crippen molar-refractivity contribution in [3.63, 3.8) is 0 Å². The molecule has 0 heterocycles. The fraction of sp³-hybridized carbons (Fsp3) is 0.818. The molecule has 0 nitrogen and oxygen atoms in total. The van der Waals surface area contributed by atoms with Gasteiger partial charge in [0.1, 0.15) is 0 Å². The third kappa shape index (κ3) is 3.52. The molecule has 4 aliphatic carbocycles. The van der Waals surface area contributed by atoms with Crippen molar-refractivity contribution in [1.29, 1.82) is 0 Å². The highest BCUT2D eigenvalue weighted by molar-refractivity contribution is 5.10. The molecule has 0 amide bonds. The van der Waals surface area contributed by atoms with Gasteiger partial charge in [0.25, 0.3) is 0 Å². The van der Waals surface area contributed by atoms with Gasteiger partial charge in [0.2, 0.25) is 0 Å². The van der Waals surface area contributed by atoms with Crippen molar-refractivity contribution >= 4 is 0 Å². The van der Waals surface area contributed by atoms with Crippen LogP contribution >= 0.6 is 0 Å². The van der Waals surface area contributed by atoms with Gasteiger partial charge in [-0.25, -0.2) is 0 Å². The van der Waals surface area contributed by atoms with Crippen molar-refractivity contribution in [2.75, 3.05) is 0 Å². The van der Waals surface area contributed by atoms with Crippen LogP contribution in [0.5, 0.6) is 0 Å². The van der Waals surface area contributed by atoms with E-state index in [1.165, 1.54) is 44.1 Å². The SMILES string of the molecule is C=C(C)C1CC=C(C)CC1.CC1(C2CCC3(C)CC3C2)CC1. The van der Waals surface area contributed by atoms with Crippen LogP contribution in [0.25, 0.3) is 0 Å². The normalized spacial score (nSPS) is 41.5. The summed E-state index contributed by atoms with van der Waals surface area (Å²) in [5.74, 6) is 3.01. The molecule has 3 saturated carbocycles. The fourth-order valence-electron chi connectivity index (χ4n) is 4.79. The number of hydrogen-bond donors (Lipinski definition) is 0. The van der Waals surface area contributed by atoms with Crippen molar-refractivity contribution in [3.8, 4) is 0 Å². The quantitative estimate of drug-likeness (QED) is 0.485. The molecule has 0 saturated heterocycles. The predicted molar refractivity (Wildman–Crippen MR) is 96.8 cm³/mol. The summed E-state index contributed by atoms with van der Waals surface area (Å²) in [5.41, 5.74) is 4.53. The summed E-state index contributed by atoms with van der Waals surface area (Å²) in [6.07, 6.45) is 15.4. The zero-order chi connectivity index (χ0) is 16.0. The molecule has 0 heteroatoms. The zero-order valence-electron chi connectivity index (χ0n) is 15.4. The maximum absolute atomic E-state index is 3.97. The number of fused-ring (bicyclic) bond motifs is 1. The molecule has 0 bridgehead atoms. The molecule has 22 heavy (non-hydrogen) atoms. The minimum Gasteiger partial charge on any atom is -0.0998 e. The molecular formula is C22H36. The van der Waals surface area contributed by atoms with Crippen LogP contribution in [-0.2, 0) is 0 Å². The first-order chi connectivity index (χ1) is 10.3. The molecule has 4 atom stereocenters. The standard InChI is InChI=1S/C12H20.C10H16/c1-11(5-6-11)9-3-4-12(2)8-10(12)7-9;1-8(2)10-6-4-9(3)5-7-10/h9-10H,3-8H2,1-2H3;4,10H,1,5-7H2,2-3H3. The Morgan fingerprint density at radius 1 is 1.09 bits per heavy atom. The van der Waals surface area contributed by atoms with E-state index in [1.54, 1.807) is 24.8 Å². The maximum Gasteiger partial charge on any atom is -0.0171 e. The summed E-state index contributed by atoms with van der Waals surface area (Å²) in [6, 6.07) is 0. The molecule has 0 radical (unpaired) electrons. The number of rotatable bonds is 2. The zero-order valence-corrected chi connectivity index (χ0v) is 15.4. The first-order valence-electron chi connectivity index (χ1n) is 9.63. The Bertz CT molecular complexity index is 464. The molecule has 0 aliphatic heterocycles. The predicted octanol–water partition coefficient (Wildman–Crippen LogP) is 6.92. The summed E-state index contributed by atoms with van der Waals surface area (Å²) >= 11 is 0. The average molecular weight is 301 g/mol. The number of hydrogen-bond acceptors (Lipinski definition) is 0. The largest absolute Gasteiger partial charge is 0.0998 e. The van der Waals surface area contributed by atoms with Gasteiger partial charge in [-0.2, -0.15) is 0 Å². The van der Waals surface area contributed by atoms with Crippen LogP contribution in [0.15, 0.2) is 23.8 Å². The minimum absolute atomic E-state index is 0.767. The van der Waals surface area contributed by atoms with Crippen LogP contribution in [0.1, 0.15) is 85.5 Å². The van der Waals surface area contributed by atoms with Gasteiger partial charge in [-0.05, 0) is 100 Å². The summed E-state index contributed by atoms with van der Waals surface area (Å²) in [7, 11) is 0. The Morgan fingerprint density at radius 2 is 1.82 bits per heavy atom.